The number of hydrogen-bond donors (Lipinski definition) is 1. The number of rotatable bonds is 4. The molecule has 1 aromatic rings. The number of nitriles is 3. The molecule has 132 valence electrons. The van der Waals surface area contributed by atoms with Crippen LogP contribution in [0.1, 0.15) is 13.3 Å². The second-order valence-corrected chi connectivity index (χ2v) is 6.03. The zero-order chi connectivity index (χ0) is 19.1. The van der Waals surface area contributed by atoms with E-state index in [1.54, 1.807) is 24.3 Å². The van der Waals surface area contributed by atoms with Gasteiger partial charge in [-0.05, 0) is 18.2 Å². The van der Waals surface area contributed by atoms with Gasteiger partial charge in [-0.1, -0.05) is 18.5 Å². The van der Waals surface area contributed by atoms with Crippen LogP contribution in [0.5, 0.6) is 0 Å². The number of amides is 1. The predicted octanol–water partition coefficient (Wildman–Crippen LogP) is 2.64. The molecular formula is C18H17ClN6O. The average molecular weight is 369 g/mol. The van der Waals surface area contributed by atoms with Gasteiger partial charge in [0.25, 0.3) is 0 Å². The smallest absolute Gasteiger partial charge is 0.222 e. The highest BCUT2D eigenvalue weighted by Gasteiger charge is 2.22. The van der Waals surface area contributed by atoms with E-state index in [-0.39, 0.29) is 17.2 Å². The highest BCUT2D eigenvalue weighted by Crippen LogP contribution is 2.31. The molecular weight excluding hydrogens is 352 g/mol. The van der Waals surface area contributed by atoms with E-state index in [4.69, 9.17) is 22.1 Å². The van der Waals surface area contributed by atoms with Gasteiger partial charge in [0.1, 0.15) is 23.9 Å². The first kappa shape index (κ1) is 19.1. The molecule has 1 aliphatic rings. The SMILES string of the molecule is CCC(=O)N1CCN(c2ccc(Cl)cc2NC(C#N)=C(C#N)C#N)CC1. The molecule has 1 fully saturated rings. The minimum Gasteiger partial charge on any atom is -0.366 e. The Kier molecular flexibility index (Phi) is 6.44. The molecule has 0 spiro atoms. The van der Waals surface area contributed by atoms with Crippen molar-refractivity contribution in [2.75, 3.05) is 36.4 Å². The Balaban J connectivity index is 2.29. The molecule has 0 aromatic heterocycles. The molecule has 1 aromatic carbocycles. The van der Waals surface area contributed by atoms with E-state index < -0.39 is 0 Å². The van der Waals surface area contributed by atoms with Crippen LogP contribution < -0.4 is 10.2 Å². The Hall–Kier alpha value is -3.21. The largest absolute Gasteiger partial charge is 0.366 e. The van der Waals surface area contributed by atoms with Gasteiger partial charge < -0.3 is 15.1 Å². The molecule has 0 atom stereocenters. The summed E-state index contributed by atoms with van der Waals surface area (Å²) in [7, 11) is 0. The van der Waals surface area contributed by atoms with Crippen LogP contribution in [0.4, 0.5) is 11.4 Å². The van der Waals surface area contributed by atoms with Gasteiger partial charge in [-0.2, -0.15) is 15.8 Å². The average Bonchev–Trinajstić information content (AvgIpc) is 2.67. The molecule has 2 rings (SSSR count). The van der Waals surface area contributed by atoms with Crippen molar-refractivity contribution in [3.05, 3.63) is 34.5 Å². The molecule has 26 heavy (non-hydrogen) atoms. The fraction of sp³-hybridized carbons (Fsp3) is 0.333. The Bertz CT molecular complexity index is 834. The molecule has 0 aliphatic carbocycles. The number of anilines is 2. The van der Waals surface area contributed by atoms with E-state index in [1.165, 1.54) is 0 Å². The van der Waals surface area contributed by atoms with Gasteiger partial charge in [0, 0.05) is 37.6 Å². The Morgan fingerprint density at radius 3 is 2.35 bits per heavy atom. The standard InChI is InChI=1S/C18H17ClN6O/c1-2-18(26)25-7-5-24(6-8-25)17-4-3-14(19)9-15(17)23-16(12-22)13(10-20)11-21/h3-4,9,23H,2,5-8H2,1H3. The number of carbonyl (C=O) groups excluding carboxylic acids is 1. The number of allylic oxidation sites excluding steroid dienone is 2. The molecule has 0 bridgehead atoms. The van der Waals surface area contributed by atoms with Gasteiger partial charge in [0.05, 0.1) is 11.4 Å². The van der Waals surface area contributed by atoms with Crippen LogP contribution in [0.15, 0.2) is 29.5 Å². The van der Waals surface area contributed by atoms with Crippen LogP contribution in [0.2, 0.25) is 5.02 Å². The second-order valence-electron chi connectivity index (χ2n) is 5.59. The first-order valence-corrected chi connectivity index (χ1v) is 8.45. The second kappa shape index (κ2) is 8.76. The van der Waals surface area contributed by atoms with Crippen LogP contribution in [-0.2, 0) is 4.79 Å². The lowest BCUT2D eigenvalue weighted by molar-refractivity contribution is -0.131. The van der Waals surface area contributed by atoms with E-state index in [1.807, 2.05) is 24.0 Å². The number of benzene rings is 1. The van der Waals surface area contributed by atoms with Gasteiger partial charge in [0.15, 0.2) is 5.57 Å². The number of hydrogen-bond acceptors (Lipinski definition) is 6. The molecule has 0 unspecified atom stereocenters. The fourth-order valence-electron chi connectivity index (χ4n) is 2.72. The molecule has 0 saturated carbocycles. The van der Waals surface area contributed by atoms with Crippen molar-refractivity contribution in [3.8, 4) is 18.2 Å². The van der Waals surface area contributed by atoms with Crippen molar-refractivity contribution in [1.82, 2.24) is 4.90 Å². The minimum absolute atomic E-state index is 0.126. The summed E-state index contributed by atoms with van der Waals surface area (Å²) < 4.78 is 0. The molecule has 7 nitrogen and oxygen atoms in total. The highest BCUT2D eigenvalue weighted by molar-refractivity contribution is 6.31. The minimum atomic E-state index is -0.295. The molecule has 8 heteroatoms. The highest BCUT2D eigenvalue weighted by atomic mass is 35.5. The summed E-state index contributed by atoms with van der Waals surface area (Å²) in [4.78, 5) is 15.7. The van der Waals surface area contributed by atoms with Crippen LogP contribution in [-0.4, -0.2) is 37.0 Å². The maximum atomic E-state index is 11.8. The van der Waals surface area contributed by atoms with E-state index in [2.05, 4.69) is 10.2 Å². The number of halogens is 1. The van der Waals surface area contributed by atoms with Crippen LogP contribution in [0.25, 0.3) is 0 Å². The maximum Gasteiger partial charge on any atom is 0.222 e. The lowest BCUT2D eigenvalue weighted by Gasteiger charge is -2.37. The first-order valence-electron chi connectivity index (χ1n) is 8.07. The summed E-state index contributed by atoms with van der Waals surface area (Å²) in [6.45, 7) is 4.33. The summed E-state index contributed by atoms with van der Waals surface area (Å²) in [5, 5.41) is 30.5. The normalized spacial score (nSPS) is 13.2. The Labute approximate surface area is 157 Å². The van der Waals surface area contributed by atoms with E-state index >= 15 is 0 Å². The van der Waals surface area contributed by atoms with Gasteiger partial charge in [-0.25, -0.2) is 0 Å². The zero-order valence-electron chi connectivity index (χ0n) is 14.3. The van der Waals surface area contributed by atoms with Crippen molar-refractivity contribution in [1.29, 1.82) is 15.8 Å². The maximum absolute atomic E-state index is 11.8. The lowest BCUT2D eigenvalue weighted by Crippen LogP contribution is -2.48. The van der Waals surface area contributed by atoms with Crippen molar-refractivity contribution in [2.45, 2.75) is 13.3 Å². The van der Waals surface area contributed by atoms with E-state index in [9.17, 15) is 10.1 Å². The van der Waals surface area contributed by atoms with Crippen LogP contribution >= 0.6 is 11.6 Å². The summed E-state index contributed by atoms with van der Waals surface area (Å²) >= 11 is 6.07. The van der Waals surface area contributed by atoms with Crippen molar-refractivity contribution < 1.29 is 4.79 Å². The van der Waals surface area contributed by atoms with Gasteiger partial charge in [-0.3, -0.25) is 4.79 Å². The van der Waals surface area contributed by atoms with E-state index in [0.29, 0.717) is 43.3 Å². The third-order valence-corrected chi connectivity index (χ3v) is 4.31. The monoisotopic (exact) mass is 368 g/mol. The van der Waals surface area contributed by atoms with Crippen LogP contribution in [0, 0.1) is 34.0 Å². The van der Waals surface area contributed by atoms with Crippen LogP contribution in [0.3, 0.4) is 0 Å². The molecule has 0 radical (unpaired) electrons. The van der Waals surface area contributed by atoms with Gasteiger partial charge in [0.2, 0.25) is 5.91 Å². The summed E-state index contributed by atoms with van der Waals surface area (Å²) in [5.41, 5.74) is 0.906. The van der Waals surface area contributed by atoms with Crippen molar-refractivity contribution in [2.24, 2.45) is 0 Å². The number of nitrogens with zero attached hydrogens (tertiary/aromatic N) is 5. The van der Waals surface area contributed by atoms with Gasteiger partial charge in [-0.15, -0.1) is 0 Å². The van der Waals surface area contributed by atoms with Gasteiger partial charge >= 0.3 is 0 Å². The number of piperazine rings is 1. The van der Waals surface area contributed by atoms with Crippen molar-refractivity contribution >= 4 is 28.9 Å². The molecule has 1 N–H and O–H groups in total. The third kappa shape index (κ3) is 4.25. The molecule has 1 amide bonds. The molecule has 1 aliphatic heterocycles. The number of nitrogens with one attached hydrogen (secondary N) is 1. The van der Waals surface area contributed by atoms with Crippen molar-refractivity contribution in [3.63, 3.8) is 0 Å². The Morgan fingerprint density at radius 2 is 1.81 bits per heavy atom. The summed E-state index contributed by atoms with van der Waals surface area (Å²) in [6, 6.07) is 10.4. The predicted molar refractivity (Wildman–Crippen MR) is 98.0 cm³/mol. The summed E-state index contributed by atoms with van der Waals surface area (Å²) in [6.07, 6.45) is 0.481. The quantitative estimate of drug-likeness (QED) is 0.818. The first-order chi connectivity index (χ1) is 12.5. The topological polar surface area (TPSA) is 107 Å². The fourth-order valence-corrected chi connectivity index (χ4v) is 2.89. The summed E-state index contributed by atoms with van der Waals surface area (Å²) in [5.74, 6) is 0.126. The Morgan fingerprint density at radius 1 is 1.15 bits per heavy atom. The lowest BCUT2D eigenvalue weighted by atomic mass is 10.2. The van der Waals surface area contributed by atoms with E-state index in [0.717, 1.165) is 5.69 Å². The zero-order valence-corrected chi connectivity index (χ0v) is 15.0. The number of carbonyl (C=O) groups is 1. The third-order valence-electron chi connectivity index (χ3n) is 4.08. The molecule has 1 heterocycles. The molecule has 1 saturated heterocycles.